The zero-order valence-corrected chi connectivity index (χ0v) is 16.4. The van der Waals surface area contributed by atoms with E-state index in [0.717, 1.165) is 6.42 Å². The summed E-state index contributed by atoms with van der Waals surface area (Å²) in [7, 11) is 0.120. The van der Waals surface area contributed by atoms with Gasteiger partial charge < -0.3 is 22.6 Å². The minimum absolute atomic E-state index is 0. The zero-order chi connectivity index (χ0) is 14.3. The molecule has 0 unspecified atom stereocenters. The molecule has 0 spiro atoms. The van der Waals surface area contributed by atoms with Gasteiger partial charge in [0.1, 0.15) is 0 Å². The first kappa shape index (κ1) is 31.7. The van der Waals surface area contributed by atoms with E-state index in [1.54, 1.807) is 27.7 Å². The third-order valence-corrected chi connectivity index (χ3v) is 0.586. The van der Waals surface area contributed by atoms with Crippen molar-refractivity contribution >= 4 is 8.80 Å². The van der Waals surface area contributed by atoms with Gasteiger partial charge in [0.05, 0.1) is 0 Å². The van der Waals surface area contributed by atoms with Crippen LogP contribution < -0.4 is 22.6 Å². The Morgan fingerprint density at radius 2 is 1.26 bits per heavy atom. The molecule has 0 aromatic heterocycles. The van der Waals surface area contributed by atoms with Crippen LogP contribution in [0.15, 0.2) is 18.2 Å². The summed E-state index contributed by atoms with van der Waals surface area (Å²) in [6.45, 7) is 13.3. The van der Waals surface area contributed by atoms with Crippen LogP contribution in [0.3, 0.4) is 0 Å². The monoisotopic (exact) mass is 342 g/mol. The molecule has 2 nitrogen and oxygen atoms in total. The van der Waals surface area contributed by atoms with Crippen LogP contribution in [0, 0.1) is 6.08 Å². The van der Waals surface area contributed by atoms with Gasteiger partial charge in [-0.15, -0.1) is 18.6 Å². The molecular weight excluding hydrogens is 315 g/mol. The van der Waals surface area contributed by atoms with Gasteiger partial charge in [-0.05, 0) is 0 Å². The number of hydrogen-bond donors (Lipinski definition) is 0. The number of allylic oxidation sites excluding steroid dienone is 4. The molecule has 0 N–H and O–H groups in total. The minimum atomic E-state index is -0.417. The third kappa shape index (κ3) is 167. The van der Waals surface area contributed by atoms with Crippen molar-refractivity contribution in [1.82, 2.24) is 0 Å². The average molecular weight is 343 g/mol. The van der Waals surface area contributed by atoms with Gasteiger partial charge in [-0.3, -0.25) is 6.08 Å². The van der Waals surface area contributed by atoms with Crippen molar-refractivity contribution in [3.8, 4) is 0 Å². The first-order chi connectivity index (χ1) is 7.70. The predicted octanol–water partition coefficient (Wildman–Crippen LogP) is -0.812. The number of rotatable bonds is 0. The zero-order valence-electron chi connectivity index (χ0n) is 13.2. The molecule has 0 aromatic carbocycles. The first-order valence-corrected chi connectivity index (χ1v) is 9.00. The van der Waals surface area contributed by atoms with Crippen LogP contribution in [0.4, 0.5) is 0 Å². The van der Waals surface area contributed by atoms with Crippen LogP contribution in [0.2, 0.25) is 19.6 Å². The Hall–Kier alpha value is 0.491. The molecule has 0 fully saturated rings. The predicted molar refractivity (Wildman–Crippen MR) is 75.2 cm³/mol. The van der Waals surface area contributed by atoms with Crippen molar-refractivity contribution in [2.24, 2.45) is 0 Å². The molecule has 0 atom stereocenters. The molecule has 1 aliphatic rings. The standard InChI is InChI=1S/C5H5.2C3H7O.C3H9Si.ClH.V/c1-2-4-5-3-1;2*1-3(2)4;1-4(2)3;;/h1-3H,4H2;2*3H,1-2H3;1-3H3;1H;/q3*-1;;;+4/p-1. The summed E-state index contributed by atoms with van der Waals surface area (Å²) in [5.41, 5.74) is 0. The van der Waals surface area contributed by atoms with Gasteiger partial charge in [-0.2, -0.15) is 6.08 Å². The molecule has 112 valence electrons. The van der Waals surface area contributed by atoms with E-state index in [1.807, 2.05) is 12.2 Å². The summed E-state index contributed by atoms with van der Waals surface area (Å²) in [6, 6.07) is 0. The summed E-state index contributed by atoms with van der Waals surface area (Å²) in [5.74, 6) is 0. The molecule has 5 heteroatoms. The van der Waals surface area contributed by atoms with Gasteiger partial charge in [0.15, 0.2) is 0 Å². The van der Waals surface area contributed by atoms with Crippen LogP contribution in [-0.4, -0.2) is 21.0 Å². The Morgan fingerprint density at radius 1 is 1.00 bits per heavy atom. The molecular formula is C14H28ClO2SiV. The van der Waals surface area contributed by atoms with Gasteiger partial charge >= 0.3 is 18.6 Å². The maximum Gasteiger partial charge on any atom is 4.00 e. The van der Waals surface area contributed by atoms with E-state index in [4.69, 9.17) is 0 Å². The van der Waals surface area contributed by atoms with Crippen molar-refractivity contribution in [1.29, 1.82) is 0 Å². The fraction of sp³-hybridized carbons (Fsp3) is 0.714. The molecule has 1 aliphatic carbocycles. The molecule has 0 amide bonds. The van der Waals surface area contributed by atoms with Crippen LogP contribution in [0.5, 0.6) is 0 Å². The summed E-state index contributed by atoms with van der Waals surface area (Å²) >= 11 is 0. The van der Waals surface area contributed by atoms with Crippen LogP contribution in [-0.2, 0) is 18.6 Å². The summed E-state index contributed by atoms with van der Waals surface area (Å²) < 4.78 is 0. The smallest absolute Gasteiger partial charge is 1.00 e. The molecule has 0 heterocycles. The Bertz CT molecular complexity index is 152. The normalized spacial score (nSPS) is 10.3. The first-order valence-electron chi connectivity index (χ1n) is 6.00. The fourth-order valence-electron chi connectivity index (χ4n) is 0.340. The summed E-state index contributed by atoms with van der Waals surface area (Å²) in [5, 5.41) is 19.1. The second kappa shape index (κ2) is 26.9. The number of halogens is 1. The molecule has 0 saturated heterocycles. The van der Waals surface area contributed by atoms with Crippen LogP contribution >= 0.6 is 0 Å². The summed E-state index contributed by atoms with van der Waals surface area (Å²) in [6.07, 6.45) is 9.17. The Balaban J connectivity index is -0.0000000447. The van der Waals surface area contributed by atoms with Gasteiger partial charge in [0, 0.05) is 8.80 Å². The van der Waals surface area contributed by atoms with Crippen molar-refractivity contribution in [2.45, 2.75) is 66.0 Å². The average Bonchev–Trinajstić information content (AvgIpc) is 2.53. The third-order valence-electron chi connectivity index (χ3n) is 0.586. The van der Waals surface area contributed by atoms with E-state index in [1.165, 1.54) is 0 Å². The number of hydrogen-bond acceptors (Lipinski definition) is 2. The minimum Gasteiger partial charge on any atom is -1.00 e. The largest absolute Gasteiger partial charge is 4.00 e. The second-order valence-corrected chi connectivity index (χ2v) is 7.60. The van der Waals surface area contributed by atoms with Crippen molar-refractivity contribution in [2.75, 3.05) is 0 Å². The molecule has 19 heavy (non-hydrogen) atoms. The van der Waals surface area contributed by atoms with Crippen LogP contribution in [0.1, 0.15) is 34.1 Å². The van der Waals surface area contributed by atoms with Crippen molar-refractivity contribution in [3.05, 3.63) is 24.3 Å². The quantitative estimate of drug-likeness (QED) is 0.427. The maximum absolute atomic E-state index is 9.53. The Labute approximate surface area is 140 Å². The van der Waals surface area contributed by atoms with E-state index in [9.17, 15) is 10.2 Å². The molecule has 0 saturated carbocycles. The second-order valence-electron chi connectivity index (χ2n) is 4.60. The van der Waals surface area contributed by atoms with Gasteiger partial charge in [-0.1, -0.05) is 47.3 Å². The van der Waals surface area contributed by atoms with Crippen molar-refractivity contribution < 1.29 is 41.2 Å². The fourth-order valence-corrected chi connectivity index (χ4v) is 0.340. The Morgan fingerprint density at radius 3 is 1.32 bits per heavy atom. The van der Waals surface area contributed by atoms with Gasteiger partial charge in [0.2, 0.25) is 0 Å². The van der Waals surface area contributed by atoms with E-state index in [-0.39, 0.29) is 39.8 Å². The summed E-state index contributed by atoms with van der Waals surface area (Å²) in [4.78, 5) is 0. The topological polar surface area (TPSA) is 46.1 Å². The van der Waals surface area contributed by atoms with Crippen LogP contribution in [0.25, 0.3) is 0 Å². The molecule has 0 aliphatic heterocycles. The molecule has 0 aromatic rings. The van der Waals surface area contributed by atoms with Crippen molar-refractivity contribution in [3.63, 3.8) is 0 Å². The van der Waals surface area contributed by atoms with Gasteiger partial charge in [-0.25, -0.2) is 12.2 Å². The van der Waals surface area contributed by atoms with Gasteiger partial charge in [0.25, 0.3) is 0 Å². The van der Waals surface area contributed by atoms with E-state index in [2.05, 4.69) is 31.8 Å². The molecule has 1 rings (SSSR count). The van der Waals surface area contributed by atoms with E-state index < -0.39 is 12.2 Å². The molecule has 0 bridgehead atoms. The maximum atomic E-state index is 9.53. The Kier molecular flexibility index (Phi) is 45.0. The van der Waals surface area contributed by atoms with E-state index in [0.29, 0.717) is 0 Å². The SMILES string of the molecule is CC(C)[O-].CC(C)[O-].C[Si](C)C.[C-]1=CC=CC1.[Cl-].[V+4]. The molecule has 2 radical (unpaired) electrons. The van der Waals surface area contributed by atoms with E-state index >= 15 is 0 Å².